The standard InChI is InChI=1S/C14H25N3S/c1-2-17-7-6-11(9-17)8-15-14-16-13-5-3-4-12(13)10-18-14/h11-13H,2-10H2,1H3,(H,15,16). The lowest BCUT2D eigenvalue weighted by Crippen LogP contribution is -2.41. The van der Waals surface area contributed by atoms with Gasteiger partial charge in [0.25, 0.3) is 0 Å². The van der Waals surface area contributed by atoms with Gasteiger partial charge in [0, 0.05) is 24.9 Å². The van der Waals surface area contributed by atoms with Crippen LogP contribution in [0.15, 0.2) is 4.99 Å². The molecule has 1 N–H and O–H groups in total. The molecule has 18 heavy (non-hydrogen) atoms. The number of thioether (sulfide) groups is 1. The molecule has 2 aliphatic heterocycles. The lowest BCUT2D eigenvalue weighted by Gasteiger charge is -2.28. The topological polar surface area (TPSA) is 27.6 Å². The van der Waals surface area contributed by atoms with Gasteiger partial charge in [0.05, 0.1) is 0 Å². The Bertz CT molecular complexity index is 318. The average Bonchev–Trinajstić information content (AvgIpc) is 3.04. The summed E-state index contributed by atoms with van der Waals surface area (Å²) in [4.78, 5) is 7.38. The molecule has 0 amide bonds. The molecular weight excluding hydrogens is 242 g/mol. The number of hydrogen-bond acceptors (Lipinski definition) is 3. The van der Waals surface area contributed by atoms with Crippen LogP contribution >= 0.6 is 11.8 Å². The van der Waals surface area contributed by atoms with Crippen LogP contribution in [-0.2, 0) is 0 Å². The smallest absolute Gasteiger partial charge is 0.156 e. The number of aliphatic imine (C=N–C) groups is 1. The number of nitrogens with one attached hydrogen (secondary N) is 1. The summed E-state index contributed by atoms with van der Waals surface area (Å²) in [6, 6.07) is 0.737. The molecule has 3 atom stereocenters. The highest BCUT2D eigenvalue weighted by molar-refractivity contribution is 8.13. The van der Waals surface area contributed by atoms with Gasteiger partial charge < -0.3 is 10.2 Å². The number of likely N-dealkylation sites (tertiary alicyclic amines) is 1. The van der Waals surface area contributed by atoms with E-state index in [2.05, 4.69) is 17.1 Å². The third-order valence-corrected chi connectivity index (χ3v) is 5.83. The maximum Gasteiger partial charge on any atom is 0.156 e. The van der Waals surface area contributed by atoms with Crippen LogP contribution in [0.5, 0.6) is 0 Å². The molecule has 3 rings (SSSR count). The number of nitrogens with zero attached hydrogens (tertiary/aromatic N) is 2. The lowest BCUT2D eigenvalue weighted by atomic mass is 10.1. The van der Waals surface area contributed by atoms with Crippen molar-refractivity contribution in [2.45, 2.75) is 38.6 Å². The maximum absolute atomic E-state index is 4.84. The van der Waals surface area contributed by atoms with Crippen LogP contribution in [0.25, 0.3) is 0 Å². The molecule has 0 spiro atoms. The average molecular weight is 267 g/mol. The van der Waals surface area contributed by atoms with E-state index in [4.69, 9.17) is 4.99 Å². The number of fused-ring (bicyclic) bond motifs is 1. The molecule has 0 aromatic heterocycles. The van der Waals surface area contributed by atoms with Crippen LogP contribution in [-0.4, -0.2) is 48.0 Å². The van der Waals surface area contributed by atoms with Gasteiger partial charge in [-0.3, -0.25) is 4.99 Å². The molecule has 3 nitrogen and oxygen atoms in total. The minimum atomic E-state index is 0.737. The van der Waals surface area contributed by atoms with Crippen LogP contribution in [0.3, 0.4) is 0 Å². The normalized spacial score (nSPS) is 38.9. The van der Waals surface area contributed by atoms with E-state index in [9.17, 15) is 0 Å². The van der Waals surface area contributed by atoms with Gasteiger partial charge in [-0.15, -0.1) is 0 Å². The Labute approximate surface area is 115 Å². The number of hydrogen-bond donors (Lipinski definition) is 1. The Kier molecular flexibility index (Phi) is 4.14. The summed E-state index contributed by atoms with van der Waals surface area (Å²) in [5.41, 5.74) is 0. The Morgan fingerprint density at radius 3 is 3.17 bits per heavy atom. The zero-order valence-corrected chi connectivity index (χ0v) is 12.2. The summed E-state index contributed by atoms with van der Waals surface area (Å²) in [5, 5.41) is 4.89. The maximum atomic E-state index is 4.84. The lowest BCUT2D eigenvalue weighted by molar-refractivity contribution is 0.343. The minimum Gasteiger partial charge on any atom is -0.362 e. The first kappa shape index (κ1) is 12.8. The first-order chi connectivity index (χ1) is 8.85. The molecule has 4 heteroatoms. The zero-order valence-electron chi connectivity index (χ0n) is 11.4. The predicted octanol–water partition coefficient (Wildman–Crippen LogP) is 2.19. The van der Waals surface area contributed by atoms with E-state index in [1.165, 1.54) is 56.2 Å². The monoisotopic (exact) mass is 267 g/mol. The van der Waals surface area contributed by atoms with Gasteiger partial charge >= 0.3 is 0 Å². The Balaban J connectivity index is 1.48. The molecule has 102 valence electrons. The van der Waals surface area contributed by atoms with Gasteiger partial charge in [-0.25, -0.2) is 0 Å². The van der Waals surface area contributed by atoms with Gasteiger partial charge in [0.1, 0.15) is 0 Å². The van der Waals surface area contributed by atoms with Crippen molar-refractivity contribution in [3.8, 4) is 0 Å². The second-order valence-corrected chi connectivity index (χ2v) is 6.96. The van der Waals surface area contributed by atoms with Gasteiger partial charge in [-0.1, -0.05) is 25.1 Å². The molecule has 2 saturated heterocycles. The summed E-state index contributed by atoms with van der Waals surface area (Å²) in [6.45, 7) is 7.02. The third kappa shape index (κ3) is 2.85. The summed E-state index contributed by atoms with van der Waals surface area (Å²) in [5.74, 6) is 3.00. The molecular formula is C14H25N3S. The molecule has 3 aliphatic rings. The molecule has 2 heterocycles. The van der Waals surface area contributed by atoms with Crippen LogP contribution < -0.4 is 5.32 Å². The summed E-state index contributed by atoms with van der Waals surface area (Å²) in [7, 11) is 0. The van der Waals surface area contributed by atoms with Crippen molar-refractivity contribution in [3.05, 3.63) is 0 Å². The second kappa shape index (κ2) is 5.83. The van der Waals surface area contributed by atoms with Crippen molar-refractivity contribution in [1.82, 2.24) is 10.2 Å². The summed E-state index contributed by atoms with van der Waals surface area (Å²) in [6.07, 6.45) is 5.52. The van der Waals surface area contributed by atoms with Crippen LogP contribution in [0.1, 0.15) is 32.6 Å². The van der Waals surface area contributed by atoms with E-state index in [0.29, 0.717) is 0 Å². The fraction of sp³-hybridized carbons (Fsp3) is 0.929. The molecule has 1 saturated carbocycles. The highest BCUT2D eigenvalue weighted by atomic mass is 32.2. The van der Waals surface area contributed by atoms with Crippen molar-refractivity contribution < 1.29 is 0 Å². The Morgan fingerprint density at radius 1 is 1.39 bits per heavy atom. The summed E-state index contributed by atoms with van der Waals surface area (Å²) >= 11 is 1.95. The SMILES string of the molecule is CCN1CCC(CN=C2NC3CCCC3CS2)C1. The van der Waals surface area contributed by atoms with Crippen LogP contribution in [0, 0.1) is 11.8 Å². The molecule has 0 radical (unpaired) electrons. The van der Waals surface area contributed by atoms with Gasteiger partial charge in [0.2, 0.25) is 0 Å². The van der Waals surface area contributed by atoms with Crippen molar-refractivity contribution >= 4 is 16.9 Å². The first-order valence-corrected chi connectivity index (χ1v) is 8.50. The van der Waals surface area contributed by atoms with Gasteiger partial charge in [-0.2, -0.15) is 0 Å². The molecule has 0 bridgehead atoms. The minimum absolute atomic E-state index is 0.737. The zero-order chi connectivity index (χ0) is 12.4. The predicted molar refractivity (Wildman–Crippen MR) is 79.2 cm³/mol. The van der Waals surface area contributed by atoms with Gasteiger partial charge in [-0.05, 0) is 44.2 Å². The Hall–Kier alpha value is -0.220. The van der Waals surface area contributed by atoms with E-state index in [1.54, 1.807) is 0 Å². The van der Waals surface area contributed by atoms with Crippen LogP contribution in [0.4, 0.5) is 0 Å². The highest BCUT2D eigenvalue weighted by Crippen LogP contribution is 2.32. The Morgan fingerprint density at radius 2 is 2.33 bits per heavy atom. The highest BCUT2D eigenvalue weighted by Gasteiger charge is 2.32. The van der Waals surface area contributed by atoms with E-state index in [0.717, 1.165) is 24.4 Å². The van der Waals surface area contributed by atoms with Crippen LogP contribution in [0.2, 0.25) is 0 Å². The van der Waals surface area contributed by atoms with Crippen molar-refractivity contribution in [1.29, 1.82) is 0 Å². The molecule has 1 aliphatic carbocycles. The van der Waals surface area contributed by atoms with E-state index in [1.807, 2.05) is 11.8 Å². The third-order valence-electron chi connectivity index (χ3n) is 4.71. The van der Waals surface area contributed by atoms with Crippen molar-refractivity contribution in [2.75, 3.05) is 31.9 Å². The van der Waals surface area contributed by atoms with Crippen molar-refractivity contribution in [3.63, 3.8) is 0 Å². The second-order valence-electron chi connectivity index (χ2n) is 5.95. The largest absolute Gasteiger partial charge is 0.362 e. The quantitative estimate of drug-likeness (QED) is 0.849. The molecule has 0 aromatic rings. The number of amidine groups is 1. The van der Waals surface area contributed by atoms with Gasteiger partial charge in [0.15, 0.2) is 5.17 Å². The fourth-order valence-corrected chi connectivity index (χ4v) is 4.64. The number of rotatable bonds is 3. The first-order valence-electron chi connectivity index (χ1n) is 7.51. The van der Waals surface area contributed by atoms with E-state index < -0.39 is 0 Å². The van der Waals surface area contributed by atoms with E-state index in [-0.39, 0.29) is 0 Å². The van der Waals surface area contributed by atoms with Crippen molar-refractivity contribution in [2.24, 2.45) is 16.8 Å². The summed E-state index contributed by atoms with van der Waals surface area (Å²) < 4.78 is 0. The molecule has 3 fully saturated rings. The molecule has 0 aromatic carbocycles. The van der Waals surface area contributed by atoms with E-state index >= 15 is 0 Å². The fourth-order valence-electron chi connectivity index (χ4n) is 3.46. The molecule has 3 unspecified atom stereocenters.